The fourth-order valence-corrected chi connectivity index (χ4v) is 3.37. The van der Waals surface area contributed by atoms with Crippen LogP contribution in [0.1, 0.15) is 15.9 Å². The van der Waals surface area contributed by atoms with Crippen LogP contribution in [-0.4, -0.2) is 17.7 Å². The molecule has 0 aliphatic carbocycles. The summed E-state index contributed by atoms with van der Waals surface area (Å²) in [5.41, 5.74) is 3.66. The first-order valence-electron chi connectivity index (χ1n) is 7.40. The van der Waals surface area contributed by atoms with E-state index in [1.165, 1.54) is 0 Å². The summed E-state index contributed by atoms with van der Waals surface area (Å²) in [6.07, 6.45) is 3.55. The molecule has 2 aliphatic heterocycles. The Balaban J connectivity index is 1.97. The zero-order valence-corrected chi connectivity index (χ0v) is 12.1. The Hall–Kier alpha value is -3.08. The molecule has 0 unspecified atom stereocenters. The number of ether oxygens (including phenoxy) is 2. The lowest BCUT2D eigenvalue weighted by Crippen LogP contribution is -2.12. The van der Waals surface area contributed by atoms with E-state index in [2.05, 4.69) is 10.3 Å². The van der Waals surface area contributed by atoms with Gasteiger partial charge in [0.15, 0.2) is 11.5 Å². The molecule has 0 bridgehead atoms. The van der Waals surface area contributed by atoms with E-state index in [-0.39, 0.29) is 12.7 Å². The van der Waals surface area contributed by atoms with Crippen molar-refractivity contribution in [2.24, 2.45) is 0 Å². The molecule has 5 nitrogen and oxygen atoms in total. The number of carbonyl (C=O) groups is 1. The van der Waals surface area contributed by atoms with Gasteiger partial charge in [0.2, 0.25) is 6.79 Å². The second-order valence-corrected chi connectivity index (χ2v) is 5.60. The maximum Gasteiger partial charge on any atom is 0.251 e. The van der Waals surface area contributed by atoms with E-state index in [1.807, 2.05) is 36.5 Å². The number of nitrogens with zero attached hydrogens (tertiary/aromatic N) is 1. The number of rotatable bonds is 1. The smallest absolute Gasteiger partial charge is 0.251 e. The maximum atomic E-state index is 12.1. The highest BCUT2D eigenvalue weighted by molar-refractivity contribution is 6.11. The second kappa shape index (κ2) is 4.46. The zero-order chi connectivity index (χ0) is 15.4. The average Bonchev–Trinajstić information content (AvgIpc) is 3.21. The Bertz CT molecular complexity index is 967. The third kappa shape index (κ3) is 1.67. The van der Waals surface area contributed by atoms with Crippen LogP contribution in [0.5, 0.6) is 11.5 Å². The molecule has 0 radical (unpaired) electrons. The Morgan fingerprint density at radius 3 is 3.00 bits per heavy atom. The van der Waals surface area contributed by atoms with E-state index in [1.54, 1.807) is 6.20 Å². The Morgan fingerprint density at radius 1 is 1.17 bits per heavy atom. The van der Waals surface area contributed by atoms with Gasteiger partial charge in [0.05, 0.1) is 0 Å². The molecule has 1 amide bonds. The monoisotopic (exact) mass is 304 g/mol. The Labute approximate surface area is 131 Å². The molecular weight excluding hydrogens is 292 g/mol. The van der Waals surface area contributed by atoms with Crippen molar-refractivity contribution < 1.29 is 14.3 Å². The summed E-state index contributed by atoms with van der Waals surface area (Å²) in [6, 6.07) is 9.67. The van der Waals surface area contributed by atoms with Crippen LogP contribution in [0, 0.1) is 0 Å². The highest BCUT2D eigenvalue weighted by Gasteiger charge is 2.28. The number of nitrogens with one attached hydrogen (secondary N) is 1. The van der Waals surface area contributed by atoms with E-state index >= 15 is 0 Å². The molecule has 0 saturated heterocycles. The first-order chi connectivity index (χ1) is 11.3. The second-order valence-electron chi connectivity index (χ2n) is 5.60. The van der Waals surface area contributed by atoms with Gasteiger partial charge >= 0.3 is 0 Å². The highest BCUT2D eigenvalue weighted by atomic mass is 16.7. The van der Waals surface area contributed by atoms with E-state index in [0.717, 1.165) is 44.5 Å². The number of amides is 1. The number of benzene rings is 2. The van der Waals surface area contributed by atoms with Crippen molar-refractivity contribution in [2.45, 2.75) is 6.54 Å². The number of hydrogen-bond donors (Lipinski definition) is 1. The lowest BCUT2D eigenvalue weighted by Gasteiger charge is -2.13. The molecule has 5 heteroatoms. The molecule has 1 aromatic heterocycles. The Kier molecular flexibility index (Phi) is 2.42. The Morgan fingerprint density at radius 2 is 2.13 bits per heavy atom. The SMILES string of the molecule is O=C1NCc2c1cc1ccc3c(c1c2-c1cccnc1)OCO3. The number of hydrogen-bond acceptors (Lipinski definition) is 4. The minimum absolute atomic E-state index is 0.0373. The summed E-state index contributed by atoms with van der Waals surface area (Å²) < 4.78 is 11.2. The largest absolute Gasteiger partial charge is 0.454 e. The van der Waals surface area contributed by atoms with Crippen LogP contribution in [0.2, 0.25) is 0 Å². The molecule has 3 aromatic rings. The number of pyridine rings is 1. The fraction of sp³-hybridized carbons (Fsp3) is 0.111. The lowest BCUT2D eigenvalue weighted by molar-refractivity contribution is 0.0966. The molecule has 2 aromatic carbocycles. The van der Waals surface area contributed by atoms with Gasteiger partial charge in [-0.1, -0.05) is 12.1 Å². The molecule has 2 aliphatic rings. The minimum atomic E-state index is -0.0373. The van der Waals surface area contributed by atoms with Crippen molar-refractivity contribution in [3.05, 3.63) is 53.9 Å². The predicted octanol–water partition coefficient (Wildman–Crippen LogP) is 2.87. The summed E-state index contributed by atoms with van der Waals surface area (Å²) in [7, 11) is 0. The van der Waals surface area contributed by atoms with Crippen LogP contribution in [0.3, 0.4) is 0 Å². The van der Waals surface area contributed by atoms with Crippen LogP contribution >= 0.6 is 0 Å². The quantitative estimate of drug-likeness (QED) is 0.751. The summed E-state index contributed by atoms with van der Waals surface area (Å²) in [5.74, 6) is 1.44. The van der Waals surface area contributed by atoms with Crippen molar-refractivity contribution in [1.29, 1.82) is 0 Å². The number of carbonyl (C=O) groups excluding carboxylic acids is 1. The van der Waals surface area contributed by atoms with Gasteiger partial charge in [-0.15, -0.1) is 0 Å². The predicted molar refractivity (Wildman–Crippen MR) is 84.5 cm³/mol. The molecule has 112 valence electrons. The molecule has 1 N–H and O–H groups in total. The lowest BCUT2D eigenvalue weighted by atomic mass is 9.91. The summed E-state index contributed by atoms with van der Waals surface area (Å²) in [5, 5.41) is 4.84. The topological polar surface area (TPSA) is 60.5 Å². The van der Waals surface area contributed by atoms with Crippen molar-refractivity contribution in [1.82, 2.24) is 10.3 Å². The number of aromatic nitrogens is 1. The van der Waals surface area contributed by atoms with Crippen molar-refractivity contribution in [2.75, 3.05) is 6.79 Å². The molecule has 0 fully saturated rings. The maximum absolute atomic E-state index is 12.1. The van der Waals surface area contributed by atoms with E-state index < -0.39 is 0 Å². The van der Waals surface area contributed by atoms with E-state index in [0.29, 0.717) is 6.54 Å². The van der Waals surface area contributed by atoms with Crippen LogP contribution in [0.4, 0.5) is 0 Å². The average molecular weight is 304 g/mol. The third-order valence-electron chi connectivity index (χ3n) is 4.37. The van der Waals surface area contributed by atoms with Gasteiger partial charge in [0.25, 0.3) is 5.91 Å². The van der Waals surface area contributed by atoms with Crippen LogP contribution in [-0.2, 0) is 6.54 Å². The molecule has 0 spiro atoms. The van der Waals surface area contributed by atoms with E-state index in [4.69, 9.17) is 9.47 Å². The van der Waals surface area contributed by atoms with Gasteiger partial charge < -0.3 is 14.8 Å². The number of fused-ring (bicyclic) bond motifs is 4. The van der Waals surface area contributed by atoms with Crippen LogP contribution in [0.25, 0.3) is 21.9 Å². The molecular formula is C18H12N2O3. The zero-order valence-electron chi connectivity index (χ0n) is 12.1. The standard InChI is InChI=1S/C18H12N2O3/c21-18-12-6-10-3-4-14-17(23-9-22-14)16(10)15(13(12)8-20-18)11-2-1-5-19-7-11/h1-7H,8-9H2,(H,20,21). The van der Waals surface area contributed by atoms with Gasteiger partial charge in [-0.2, -0.15) is 0 Å². The van der Waals surface area contributed by atoms with Gasteiger partial charge in [-0.25, -0.2) is 0 Å². The minimum Gasteiger partial charge on any atom is -0.454 e. The van der Waals surface area contributed by atoms with Crippen molar-refractivity contribution in [3.63, 3.8) is 0 Å². The summed E-state index contributed by atoms with van der Waals surface area (Å²) in [4.78, 5) is 16.4. The van der Waals surface area contributed by atoms with Gasteiger partial charge in [0, 0.05) is 41.0 Å². The van der Waals surface area contributed by atoms with E-state index in [9.17, 15) is 4.79 Å². The van der Waals surface area contributed by atoms with Gasteiger partial charge in [-0.3, -0.25) is 9.78 Å². The first-order valence-corrected chi connectivity index (χ1v) is 7.40. The third-order valence-corrected chi connectivity index (χ3v) is 4.37. The molecule has 23 heavy (non-hydrogen) atoms. The fourth-order valence-electron chi connectivity index (χ4n) is 3.37. The van der Waals surface area contributed by atoms with Gasteiger partial charge in [0.1, 0.15) is 0 Å². The molecule has 3 heterocycles. The van der Waals surface area contributed by atoms with Crippen LogP contribution in [0.15, 0.2) is 42.7 Å². The summed E-state index contributed by atoms with van der Waals surface area (Å²) in [6.45, 7) is 0.730. The van der Waals surface area contributed by atoms with Crippen LogP contribution < -0.4 is 14.8 Å². The van der Waals surface area contributed by atoms with Gasteiger partial charge in [-0.05, 0) is 29.1 Å². The molecule has 5 rings (SSSR count). The highest BCUT2D eigenvalue weighted by Crippen LogP contribution is 2.46. The summed E-state index contributed by atoms with van der Waals surface area (Å²) >= 11 is 0. The first kappa shape index (κ1) is 12.5. The van der Waals surface area contributed by atoms with Crippen molar-refractivity contribution >= 4 is 16.7 Å². The van der Waals surface area contributed by atoms with Crippen molar-refractivity contribution in [3.8, 4) is 22.6 Å². The molecule has 0 atom stereocenters. The molecule has 0 saturated carbocycles. The normalized spacial score (nSPS) is 14.9.